The number of halogens is 1. The van der Waals surface area contributed by atoms with Crippen molar-refractivity contribution in [3.63, 3.8) is 0 Å². The smallest absolute Gasteiger partial charge is 0.323 e. The molecule has 3 aliphatic rings. The third kappa shape index (κ3) is 5.93. The number of hydrogen-bond donors (Lipinski definition) is 3. The summed E-state index contributed by atoms with van der Waals surface area (Å²) >= 11 is 7.08. The molecule has 11 nitrogen and oxygen atoms in total. The summed E-state index contributed by atoms with van der Waals surface area (Å²) in [6, 6.07) is 13.1. The molecule has 3 aromatic rings. The van der Waals surface area contributed by atoms with Crippen molar-refractivity contribution in [2.75, 3.05) is 46.2 Å². The lowest BCUT2D eigenvalue weighted by Gasteiger charge is -2.29. The molecule has 1 saturated heterocycles. The Morgan fingerprint density at radius 3 is 2.64 bits per heavy atom. The maximum atomic E-state index is 13.1. The van der Waals surface area contributed by atoms with Gasteiger partial charge in [-0.3, -0.25) is 9.59 Å². The van der Waals surface area contributed by atoms with E-state index in [0.717, 1.165) is 28.7 Å². The third-order valence-electron chi connectivity index (χ3n) is 8.45. The van der Waals surface area contributed by atoms with Gasteiger partial charge in [-0.1, -0.05) is 41.9 Å². The number of urea groups is 1. The molecule has 6 rings (SSSR count). The van der Waals surface area contributed by atoms with Crippen molar-refractivity contribution in [2.45, 2.75) is 31.8 Å². The number of rotatable bonds is 8. The summed E-state index contributed by atoms with van der Waals surface area (Å²) in [6.07, 6.45) is 2.92. The van der Waals surface area contributed by atoms with E-state index in [2.05, 4.69) is 16.0 Å². The lowest BCUT2D eigenvalue weighted by molar-refractivity contribution is -0.119. The minimum Gasteiger partial charge on any atom is -0.491 e. The summed E-state index contributed by atoms with van der Waals surface area (Å²) in [6.45, 7) is 3.20. The highest BCUT2D eigenvalue weighted by atomic mass is 35.5. The Bertz CT molecular complexity index is 1730. The van der Waals surface area contributed by atoms with Gasteiger partial charge in [-0.05, 0) is 30.5 Å². The molecule has 0 unspecified atom stereocenters. The van der Waals surface area contributed by atoms with Gasteiger partial charge in [-0.2, -0.15) is 0 Å². The summed E-state index contributed by atoms with van der Waals surface area (Å²) < 4.78 is 11.8. The van der Waals surface area contributed by atoms with Crippen molar-refractivity contribution in [3.05, 3.63) is 70.4 Å². The van der Waals surface area contributed by atoms with Gasteiger partial charge in [0.25, 0.3) is 5.91 Å². The lowest BCUT2D eigenvalue weighted by atomic mass is 9.96. The maximum Gasteiger partial charge on any atom is 0.323 e. The second kappa shape index (κ2) is 12.4. The highest BCUT2D eigenvalue weighted by molar-refractivity contribution is 6.36. The summed E-state index contributed by atoms with van der Waals surface area (Å²) in [7, 11) is 4.86. The van der Waals surface area contributed by atoms with Crippen LogP contribution in [0.2, 0.25) is 5.02 Å². The van der Waals surface area contributed by atoms with Crippen molar-refractivity contribution >= 4 is 35.1 Å². The fourth-order valence-corrected chi connectivity index (χ4v) is 6.36. The fraction of sp³-hybridized carbons (Fsp3) is 0.333. The van der Waals surface area contributed by atoms with Crippen LogP contribution in [0, 0.1) is 6.92 Å². The number of aromatic nitrogens is 1. The summed E-state index contributed by atoms with van der Waals surface area (Å²) in [5.74, 6) is 0.917. The van der Waals surface area contributed by atoms with E-state index in [4.69, 9.17) is 26.1 Å². The molecule has 0 bridgehead atoms. The van der Waals surface area contributed by atoms with Crippen LogP contribution < -0.4 is 25.4 Å². The standard InChI is InChI=1S/C33H35ClN6O5/c1-18-21(7-6-10-24(18)37-31(42)19-15-39(2)33(43)40(3)16-19)22-8-5-9-23(30(22)34)25-13-27-29(32(38-25)44-4)26(17-45-27)35-14-20-11-12-28(41)36-20/h5-10,13,15,20,26,35H,11-12,14,16-17H2,1-4H3,(H,36,41)(H,37,42)/t20-,26-/m0/s1. The van der Waals surface area contributed by atoms with Crippen LogP contribution in [0.5, 0.6) is 11.6 Å². The predicted octanol–water partition coefficient (Wildman–Crippen LogP) is 4.51. The number of nitrogens with one attached hydrogen (secondary N) is 3. The van der Waals surface area contributed by atoms with E-state index in [-0.39, 0.29) is 36.5 Å². The maximum absolute atomic E-state index is 13.1. The van der Waals surface area contributed by atoms with Crippen LogP contribution in [0.1, 0.15) is 30.0 Å². The normalized spacial score (nSPS) is 19.2. The highest BCUT2D eigenvalue weighted by Gasteiger charge is 2.32. The van der Waals surface area contributed by atoms with Crippen molar-refractivity contribution in [1.82, 2.24) is 25.4 Å². The van der Waals surface area contributed by atoms with Crippen molar-refractivity contribution in [2.24, 2.45) is 0 Å². The molecular weight excluding hydrogens is 596 g/mol. The lowest BCUT2D eigenvalue weighted by Crippen LogP contribution is -2.43. The van der Waals surface area contributed by atoms with E-state index in [9.17, 15) is 14.4 Å². The van der Waals surface area contributed by atoms with Gasteiger partial charge in [0.1, 0.15) is 12.4 Å². The molecule has 3 aliphatic heterocycles. The Kier molecular flexibility index (Phi) is 8.39. The molecule has 0 aliphatic carbocycles. The third-order valence-corrected chi connectivity index (χ3v) is 8.86. The quantitative estimate of drug-likeness (QED) is 0.335. The molecule has 2 aromatic carbocycles. The number of ether oxygens (including phenoxy) is 2. The van der Waals surface area contributed by atoms with E-state index >= 15 is 0 Å². The molecular formula is C33H35ClN6O5. The van der Waals surface area contributed by atoms with E-state index < -0.39 is 0 Å². The molecule has 3 N–H and O–H groups in total. The van der Waals surface area contributed by atoms with Crippen LogP contribution in [-0.2, 0) is 9.59 Å². The van der Waals surface area contributed by atoms with Gasteiger partial charge < -0.3 is 35.2 Å². The van der Waals surface area contributed by atoms with Gasteiger partial charge in [0, 0.05) is 62.2 Å². The van der Waals surface area contributed by atoms with Crippen molar-refractivity contribution in [3.8, 4) is 34.0 Å². The van der Waals surface area contributed by atoms with Gasteiger partial charge in [0.2, 0.25) is 11.8 Å². The predicted molar refractivity (Wildman–Crippen MR) is 171 cm³/mol. The number of likely N-dealkylation sites (N-methyl/N-ethyl adjacent to an activating group) is 1. The average molecular weight is 631 g/mol. The molecule has 45 heavy (non-hydrogen) atoms. The van der Waals surface area contributed by atoms with Gasteiger partial charge in [-0.25, -0.2) is 9.78 Å². The summed E-state index contributed by atoms with van der Waals surface area (Å²) in [4.78, 5) is 44.5. The van der Waals surface area contributed by atoms with E-state index in [1.807, 2.05) is 49.4 Å². The van der Waals surface area contributed by atoms with Crippen LogP contribution in [0.25, 0.3) is 22.4 Å². The number of anilines is 1. The first-order chi connectivity index (χ1) is 21.6. The minimum absolute atomic E-state index is 0.0800. The average Bonchev–Trinajstić information content (AvgIpc) is 3.64. The number of pyridine rings is 1. The zero-order valence-corrected chi connectivity index (χ0v) is 26.3. The molecule has 0 saturated carbocycles. The van der Waals surface area contributed by atoms with E-state index in [1.54, 1.807) is 27.4 Å². The Morgan fingerprint density at radius 1 is 1.16 bits per heavy atom. The van der Waals surface area contributed by atoms with Crippen LogP contribution in [-0.4, -0.2) is 79.6 Å². The van der Waals surface area contributed by atoms with E-state index in [0.29, 0.717) is 58.7 Å². The molecule has 1 aromatic heterocycles. The summed E-state index contributed by atoms with van der Waals surface area (Å²) in [5.41, 5.74) is 5.76. The molecule has 4 amide bonds. The SMILES string of the molecule is COc1nc(-c2cccc(-c3cccc(NC(=O)C4=CN(C)C(=O)N(C)C4)c3C)c2Cl)cc2c1[C@@H](NC[C@@H]1CCC(=O)N1)CO2. The Hall–Kier alpha value is -4.61. The molecule has 1 fully saturated rings. The Morgan fingerprint density at radius 2 is 1.91 bits per heavy atom. The number of amides is 4. The van der Waals surface area contributed by atoms with Crippen LogP contribution in [0.15, 0.2) is 54.2 Å². The largest absolute Gasteiger partial charge is 0.491 e. The number of fused-ring (bicyclic) bond motifs is 1. The molecule has 12 heteroatoms. The monoisotopic (exact) mass is 630 g/mol. The van der Waals surface area contributed by atoms with Gasteiger partial charge in [-0.15, -0.1) is 0 Å². The molecule has 2 atom stereocenters. The van der Waals surface area contributed by atoms with Crippen molar-refractivity contribution < 1.29 is 23.9 Å². The number of benzene rings is 2. The molecule has 0 spiro atoms. The van der Waals surface area contributed by atoms with Gasteiger partial charge in [0.05, 0.1) is 41.5 Å². The number of carbonyl (C=O) groups is 3. The molecule has 234 valence electrons. The zero-order valence-electron chi connectivity index (χ0n) is 25.6. The number of carbonyl (C=O) groups excluding carboxylic acids is 3. The summed E-state index contributed by atoms with van der Waals surface area (Å²) in [5, 5.41) is 9.97. The minimum atomic E-state index is -0.281. The first kappa shape index (κ1) is 30.4. The van der Waals surface area contributed by atoms with Crippen LogP contribution >= 0.6 is 11.6 Å². The highest BCUT2D eigenvalue weighted by Crippen LogP contribution is 2.44. The number of nitrogens with zero attached hydrogens (tertiary/aromatic N) is 3. The number of methoxy groups -OCH3 is 1. The van der Waals surface area contributed by atoms with Gasteiger partial charge in [0.15, 0.2) is 0 Å². The Balaban J connectivity index is 1.26. The topological polar surface area (TPSA) is 125 Å². The van der Waals surface area contributed by atoms with Crippen LogP contribution in [0.4, 0.5) is 10.5 Å². The van der Waals surface area contributed by atoms with Crippen molar-refractivity contribution in [1.29, 1.82) is 0 Å². The van der Waals surface area contributed by atoms with Crippen LogP contribution in [0.3, 0.4) is 0 Å². The molecule has 0 radical (unpaired) electrons. The number of hydrogen-bond acceptors (Lipinski definition) is 7. The fourth-order valence-electron chi connectivity index (χ4n) is 6.03. The zero-order chi connectivity index (χ0) is 31.8. The Labute approximate surface area is 266 Å². The first-order valence-corrected chi connectivity index (χ1v) is 15.2. The first-order valence-electron chi connectivity index (χ1n) is 14.8. The second-order valence-electron chi connectivity index (χ2n) is 11.5. The van der Waals surface area contributed by atoms with E-state index in [1.165, 1.54) is 9.80 Å². The molecule has 4 heterocycles. The van der Waals surface area contributed by atoms with Gasteiger partial charge >= 0.3 is 6.03 Å². The second-order valence-corrected chi connectivity index (χ2v) is 11.9.